The summed E-state index contributed by atoms with van der Waals surface area (Å²) in [7, 11) is 0. The lowest BCUT2D eigenvalue weighted by atomic mass is 9.93. The minimum Gasteiger partial charge on any atom is -0.397 e. The molecule has 0 heterocycles. The molecule has 116 valence electrons. The zero-order valence-corrected chi connectivity index (χ0v) is 13.2. The third-order valence-electron chi connectivity index (χ3n) is 4.45. The smallest absolute Gasteiger partial charge is 0.0634 e. The SMILES string of the molecule is Nc1c(-c2ccccc2)ccc(-c2cccc3ccccc23)c1N. The van der Waals surface area contributed by atoms with Crippen molar-refractivity contribution in [2.45, 2.75) is 0 Å². The molecule has 0 atom stereocenters. The number of benzene rings is 4. The number of rotatable bonds is 2. The fraction of sp³-hybridized carbons (Fsp3) is 0. The largest absolute Gasteiger partial charge is 0.397 e. The quantitative estimate of drug-likeness (QED) is 0.491. The van der Waals surface area contributed by atoms with Gasteiger partial charge in [-0.25, -0.2) is 0 Å². The molecular formula is C22H18N2. The van der Waals surface area contributed by atoms with Crippen LogP contribution in [0.5, 0.6) is 0 Å². The van der Waals surface area contributed by atoms with Crippen LogP contribution in [0.1, 0.15) is 0 Å². The maximum absolute atomic E-state index is 6.42. The summed E-state index contributed by atoms with van der Waals surface area (Å²) >= 11 is 0. The van der Waals surface area contributed by atoms with E-state index in [2.05, 4.69) is 42.5 Å². The molecule has 0 bridgehead atoms. The number of anilines is 2. The molecule has 0 aliphatic carbocycles. The van der Waals surface area contributed by atoms with Gasteiger partial charge in [0.2, 0.25) is 0 Å². The van der Waals surface area contributed by atoms with Gasteiger partial charge in [-0.3, -0.25) is 0 Å². The van der Waals surface area contributed by atoms with E-state index in [1.165, 1.54) is 10.8 Å². The Morgan fingerprint density at radius 1 is 0.458 bits per heavy atom. The van der Waals surface area contributed by atoms with Gasteiger partial charge in [-0.15, -0.1) is 0 Å². The Morgan fingerprint density at radius 3 is 1.92 bits per heavy atom. The van der Waals surface area contributed by atoms with Crippen molar-refractivity contribution < 1.29 is 0 Å². The first-order chi connectivity index (χ1) is 11.8. The average molecular weight is 310 g/mol. The Kier molecular flexibility index (Phi) is 3.43. The molecule has 4 aromatic rings. The Hall–Kier alpha value is -3.26. The van der Waals surface area contributed by atoms with Crippen molar-refractivity contribution in [1.82, 2.24) is 0 Å². The minimum atomic E-state index is 0.631. The molecule has 0 amide bonds. The zero-order valence-electron chi connectivity index (χ0n) is 13.2. The second-order valence-electron chi connectivity index (χ2n) is 5.88. The van der Waals surface area contributed by atoms with E-state index in [1.807, 2.05) is 42.5 Å². The van der Waals surface area contributed by atoms with Gasteiger partial charge in [0.05, 0.1) is 11.4 Å². The van der Waals surface area contributed by atoms with Crippen molar-refractivity contribution in [1.29, 1.82) is 0 Å². The molecule has 0 aromatic heterocycles. The summed E-state index contributed by atoms with van der Waals surface area (Å²) in [5.41, 5.74) is 18.2. The monoisotopic (exact) mass is 310 g/mol. The van der Waals surface area contributed by atoms with Gasteiger partial charge >= 0.3 is 0 Å². The molecule has 0 radical (unpaired) electrons. The van der Waals surface area contributed by atoms with Gasteiger partial charge in [-0.05, 0) is 21.9 Å². The summed E-state index contributed by atoms with van der Waals surface area (Å²) in [4.78, 5) is 0. The molecule has 0 aliphatic rings. The van der Waals surface area contributed by atoms with Crippen molar-refractivity contribution >= 4 is 22.1 Å². The maximum atomic E-state index is 6.42. The molecule has 4 N–H and O–H groups in total. The fourth-order valence-electron chi connectivity index (χ4n) is 3.20. The van der Waals surface area contributed by atoms with Crippen molar-refractivity contribution in [3.05, 3.63) is 84.9 Å². The highest BCUT2D eigenvalue weighted by molar-refractivity contribution is 6.02. The molecule has 0 saturated carbocycles. The molecule has 2 nitrogen and oxygen atoms in total. The second-order valence-corrected chi connectivity index (χ2v) is 5.88. The van der Waals surface area contributed by atoms with Crippen LogP contribution >= 0.6 is 0 Å². The number of fused-ring (bicyclic) bond motifs is 1. The average Bonchev–Trinajstić information content (AvgIpc) is 2.64. The molecule has 24 heavy (non-hydrogen) atoms. The Morgan fingerprint density at radius 2 is 1.08 bits per heavy atom. The summed E-state index contributed by atoms with van der Waals surface area (Å²) in [6.07, 6.45) is 0. The highest BCUT2D eigenvalue weighted by Crippen LogP contribution is 2.39. The number of nitrogen functional groups attached to an aromatic ring is 2. The van der Waals surface area contributed by atoms with Gasteiger partial charge in [-0.2, -0.15) is 0 Å². The van der Waals surface area contributed by atoms with Gasteiger partial charge < -0.3 is 11.5 Å². The van der Waals surface area contributed by atoms with Crippen LogP contribution in [0.15, 0.2) is 84.9 Å². The van der Waals surface area contributed by atoms with Crippen molar-refractivity contribution in [2.24, 2.45) is 0 Å². The van der Waals surface area contributed by atoms with Gasteiger partial charge in [0.1, 0.15) is 0 Å². The lowest BCUT2D eigenvalue weighted by Gasteiger charge is -2.15. The third kappa shape index (κ3) is 2.29. The topological polar surface area (TPSA) is 52.0 Å². The first-order valence-electron chi connectivity index (χ1n) is 7.97. The summed E-state index contributed by atoms with van der Waals surface area (Å²) in [5, 5.41) is 2.37. The second kappa shape index (κ2) is 5.74. The van der Waals surface area contributed by atoms with Crippen LogP contribution in [0.3, 0.4) is 0 Å². The summed E-state index contributed by atoms with van der Waals surface area (Å²) in [5.74, 6) is 0. The van der Waals surface area contributed by atoms with Crippen molar-refractivity contribution in [3.8, 4) is 22.3 Å². The third-order valence-corrected chi connectivity index (χ3v) is 4.45. The van der Waals surface area contributed by atoms with Crippen molar-refractivity contribution in [2.75, 3.05) is 11.5 Å². The summed E-state index contributed by atoms with van der Waals surface area (Å²) in [6, 6.07) is 28.8. The molecule has 4 aromatic carbocycles. The van der Waals surface area contributed by atoms with Gasteiger partial charge in [-0.1, -0.05) is 84.9 Å². The first kappa shape index (κ1) is 14.3. The van der Waals surface area contributed by atoms with E-state index in [0.717, 1.165) is 22.3 Å². The highest BCUT2D eigenvalue weighted by Gasteiger charge is 2.12. The number of hydrogen-bond acceptors (Lipinski definition) is 2. The molecule has 0 saturated heterocycles. The van der Waals surface area contributed by atoms with E-state index >= 15 is 0 Å². The standard InChI is InChI=1S/C22H18N2/c23-21-18(16-7-2-1-3-8-16)13-14-20(22(21)24)19-12-6-10-15-9-4-5-11-17(15)19/h1-14H,23-24H2. The van der Waals surface area contributed by atoms with E-state index in [1.54, 1.807) is 0 Å². The van der Waals surface area contributed by atoms with Crippen LogP contribution in [0, 0.1) is 0 Å². The van der Waals surface area contributed by atoms with Crippen molar-refractivity contribution in [3.63, 3.8) is 0 Å². The van der Waals surface area contributed by atoms with Crippen LogP contribution in [0.2, 0.25) is 0 Å². The van der Waals surface area contributed by atoms with E-state index < -0.39 is 0 Å². The van der Waals surface area contributed by atoms with E-state index in [9.17, 15) is 0 Å². The zero-order chi connectivity index (χ0) is 16.5. The molecule has 2 heteroatoms. The Balaban J connectivity index is 1.93. The summed E-state index contributed by atoms with van der Waals surface area (Å²) in [6.45, 7) is 0. The maximum Gasteiger partial charge on any atom is 0.0634 e. The number of hydrogen-bond donors (Lipinski definition) is 2. The van der Waals surface area contributed by atoms with Gasteiger partial charge in [0, 0.05) is 11.1 Å². The van der Waals surface area contributed by atoms with Crippen LogP contribution in [-0.2, 0) is 0 Å². The van der Waals surface area contributed by atoms with Crippen LogP contribution in [0.25, 0.3) is 33.0 Å². The van der Waals surface area contributed by atoms with Gasteiger partial charge in [0.15, 0.2) is 0 Å². The normalized spacial score (nSPS) is 10.8. The Bertz CT molecular complexity index is 1020. The van der Waals surface area contributed by atoms with Gasteiger partial charge in [0.25, 0.3) is 0 Å². The summed E-state index contributed by atoms with van der Waals surface area (Å²) < 4.78 is 0. The molecule has 0 spiro atoms. The predicted molar refractivity (Wildman–Crippen MR) is 104 cm³/mol. The first-order valence-corrected chi connectivity index (χ1v) is 7.97. The minimum absolute atomic E-state index is 0.631. The molecule has 0 aliphatic heterocycles. The predicted octanol–water partition coefficient (Wildman–Crippen LogP) is 5.34. The molecule has 0 fully saturated rings. The van der Waals surface area contributed by atoms with E-state index in [0.29, 0.717) is 11.4 Å². The molecular weight excluding hydrogens is 292 g/mol. The lowest BCUT2D eigenvalue weighted by molar-refractivity contribution is 1.59. The molecule has 4 rings (SSSR count). The highest BCUT2D eigenvalue weighted by atomic mass is 14.7. The van der Waals surface area contributed by atoms with Crippen LogP contribution in [0.4, 0.5) is 11.4 Å². The van der Waals surface area contributed by atoms with E-state index in [4.69, 9.17) is 11.5 Å². The van der Waals surface area contributed by atoms with E-state index in [-0.39, 0.29) is 0 Å². The molecule has 0 unspecified atom stereocenters. The van der Waals surface area contributed by atoms with Crippen LogP contribution in [-0.4, -0.2) is 0 Å². The Labute approximate surface area is 141 Å². The number of nitrogens with two attached hydrogens (primary N) is 2. The fourth-order valence-corrected chi connectivity index (χ4v) is 3.20. The van der Waals surface area contributed by atoms with Crippen LogP contribution < -0.4 is 11.5 Å². The lowest BCUT2D eigenvalue weighted by Crippen LogP contribution is -2.00.